The lowest BCUT2D eigenvalue weighted by molar-refractivity contribution is 0.0536. The van der Waals surface area contributed by atoms with Gasteiger partial charge in [-0.2, -0.15) is 0 Å². The number of ether oxygens (including phenoxy) is 3. The smallest absolute Gasteiger partial charge is 0.193 e. The number of likely N-dealkylation sites (tertiary alicyclic amines) is 1. The normalized spacial score (nSPS) is 18.3. The molecule has 154 valence electrons. The third kappa shape index (κ3) is 7.89. The van der Waals surface area contributed by atoms with Crippen LogP contribution in [0.1, 0.15) is 18.1 Å². The number of nitrogens with zero attached hydrogens (tertiary/aromatic N) is 2. The SMILES string of the molecule is CN=C(NCC(OC)c1ccc(F)cc1)N1CCC(COCCOC)C1.I. The maximum atomic E-state index is 13.1. The van der Waals surface area contributed by atoms with Crippen molar-refractivity contribution in [1.82, 2.24) is 10.2 Å². The van der Waals surface area contributed by atoms with E-state index in [-0.39, 0.29) is 35.9 Å². The molecule has 0 aromatic heterocycles. The fourth-order valence-electron chi connectivity index (χ4n) is 3.08. The largest absolute Gasteiger partial charge is 0.382 e. The molecular formula is C19H31FIN3O3. The molecule has 1 heterocycles. The van der Waals surface area contributed by atoms with Crippen molar-refractivity contribution >= 4 is 29.9 Å². The van der Waals surface area contributed by atoms with Gasteiger partial charge < -0.3 is 24.4 Å². The van der Waals surface area contributed by atoms with Crippen LogP contribution in [0, 0.1) is 11.7 Å². The number of hydrogen-bond donors (Lipinski definition) is 1. The van der Waals surface area contributed by atoms with Crippen LogP contribution in [0.25, 0.3) is 0 Å². The first kappa shape index (κ1) is 24.1. The first-order chi connectivity index (χ1) is 12.7. The molecule has 2 rings (SSSR count). The average Bonchev–Trinajstić information content (AvgIpc) is 3.12. The molecule has 0 amide bonds. The van der Waals surface area contributed by atoms with Crippen LogP contribution in [0.3, 0.4) is 0 Å². The Labute approximate surface area is 178 Å². The summed E-state index contributed by atoms with van der Waals surface area (Å²) in [4.78, 5) is 6.62. The standard InChI is InChI=1S/C19H30FN3O3.HI/c1-21-19(23-9-8-15(13-23)14-26-11-10-24-2)22-12-18(25-3)16-4-6-17(20)7-5-16;/h4-7,15,18H,8-14H2,1-3H3,(H,21,22);1H. The van der Waals surface area contributed by atoms with Crippen molar-refractivity contribution < 1.29 is 18.6 Å². The van der Waals surface area contributed by atoms with E-state index in [9.17, 15) is 4.39 Å². The van der Waals surface area contributed by atoms with E-state index in [0.29, 0.717) is 25.7 Å². The maximum absolute atomic E-state index is 13.1. The van der Waals surface area contributed by atoms with E-state index in [0.717, 1.165) is 37.6 Å². The van der Waals surface area contributed by atoms with Gasteiger partial charge in [-0.1, -0.05) is 12.1 Å². The number of hydrogen-bond acceptors (Lipinski definition) is 4. The minimum absolute atomic E-state index is 0. The number of aliphatic imine (C=N–C) groups is 1. The van der Waals surface area contributed by atoms with Crippen LogP contribution < -0.4 is 5.32 Å². The van der Waals surface area contributed by atoms with Crippen molar-refractivity contribution in [3.05, 3.63) is 35.6 Å². The second-order valence-electron chi connectivity index (χ2n) is 6.37. The molecule has 6 nitrogen and oxygen atoms in total. The van der Waals surface area contributed by atoms with Crippen molar-refractivity contribution in [2.24, 2.45) is 10.9 Å². The highest BCUT2D eigenvalue weighted by Crippen LogP contribution is 2.18. The summed E-state index contributed by atoms with van der Waals surface area (Å²) in [6, 6.07) is 6.39. The van der Waals surface area contributed by atoms with E-state index in [1.165, 1.54) is 12.1 Å². The molecule has 1 fully saturated rings. The molecule has 1 N–H and O–H groups in total. The van der Waals surface area contributed by atoms with Crippen LogP contribution in [0.15, 0.2) is 29.3 Å². The number of nitrogens with one attached hydrogen (secondary N) is 1. The summed E-state index contributed by atoms with van der Waals surface area (Å²) in [6.45, 7) is 4.44. The summed E-state index contributed by atoms with van der Waals surface area (Å²) >= 11 is 0. The fourth-order valence-corrected chi connectivity index (χ4v) is 3.08. The molecule has 0 aliphatic carbocycles. The summed E-state index contributed by atoms with van der Waals surface area (Å²) in [5.41, 5.74) is 0.933. The van der Waals surface area contributed by atoms with Crippen molar-refractivity contribution in [2.75, 3.05) is 60.7 Å². The predicted molar refractivity (Wildman–Crippen MR) is 115 cm³/mol. The first-order valence-corrected chi connectivity index (χ1v) is 8.98. The van der Waals surface area contributed by atoms with Crippen molar-refractivity contribution in [3.8, 4) is 0 Å². The Balaban J connectivity index is 0.00000364. The predicted octanol–water partition coefficient (Wildman–Crippen LogP) is 2.69. The Kier molecular flexibility index (Phi) is 11.8. The molecule has 1 aromatic carbocycles. The van der Waals surface area contributed by atoms with Gasteiger partial charge in [0.15, 0.2) is 5.96 Å². The number of benzene rings is 1. The van der Waals surface area contributed by atoms with E-state index >= 15 is 0 Å². The van der Waals surface area contributed by atoms with Crippen LogP contribution in [0.5, 0.6) is 0 Å². The zero-order chi connectivity index (χ0) is 18.8. The van der Waals surface area contributed by atoms with Crippen LogP contribution in [0.2, 0.25) is 0 Å². The van der Waals surface area contributed by atoms with Crippen LogP contribution >= 0.6 is 24.0 Å². The maximum Gasteiger partial charge on any atom is 0.193 e. The summed E-state index contributed by atoms with van der Waals surface area (Å²) in [7, 11) is 5.11. The summed E-state index contributed by atoms with van der Waals surface area (Å²) in [5.74, 6) is 1.11. The second kappa shape index (κ2) is 13.2. The topological polar surface area (TPSA) is 55.3 Å². The first-order valence-electron chi connectivity index (χ1n) is 8.98. The molecule has 8 heteroatoms. The lowest BCUT2D eigenvalue weighted by atomic mass is 10.1. The molecule has 1 aliphatic heterocycles. The molecule has 1 saturated heterocycles. The van der Waals surface area contributed by atoms with Gasteiger partial charge in [0, 0.05) is 46.8 Å². The summed E-state index contributed by atoms with van der Waals surface area (Å²) in [5, 5.41) is 3.37. The zero-order valence-corrected chi connectivity index (χ0v) is 18.6. The molecule has 2 unspecified atom stereocenters. The highest BCUT2D eigenvalue weighted by molar-refractivity contribution is 14.0. The van der Waals surface area contributed by atoms with E-state index in [4.69, 9.17) is 14.2 Å². The van der Waals surface area contributed by atoms with Gasteiger partial charge >= 0.3 is 0 Å². The van der Waals surface area contributed by atoms with Crippen LogP contribution in [-0.2, 0) is 14.2 Å². The van der Waals surface area contributed by atoms with Gasteiger partial charge in [0.2, 0.25) is 0 Å². The Bertz CT molecular complexity index is 560. The minimum Gasteiger partial charge on any atom is -0.382 e. The zero-order valence-electron chi connectivity index (χ0n) is 16.3. The lowest BCUT2D eigenvalue weighted by Crippen LogP contribution is -2.42. The molecule has 1 aromatic rings. The van der Waals surface area contributed by atoms with Crippen LogP contribution in [-0.4, -0.2) is 71.6 Å². The number of halogens is 2. The van der Waals surface area contributed by atoms with Gasteiger partial charge in [0.05, 0.1) is 25.9 Å². The van der Waals surface area contributed by atoms with E-state index in [1.54, 1.807) is 33.4 Å². The highest BCUT2D eigenvalue weighted by Gasteiger charge is 2.25. The molecule has 2 atom stereocenters. The average molecular weight is 495 g/mol. The number of methoxy groups -OCH3 is 2. The molecule has 1 aliphatic rings. The van der Waals surface area contributed by atoms with E-state index in [2.05, 4.69) is 15.2 Å². The van der Waals surface area contributed by atoms with Crippen LogP contribution in [0.4, 0.5) is 4.39 Å². The molecule has 0 spiro atoms. The molecule has 0 radical (unpaired) electrons. The highest BCUT2D eigenvalue weighted by atomic mass is 127. The quantitative estimate of drug-likeness (QED) is 0.247. The van der Waals surface area contributed by atoms with Gasteiger partial charge in [0.25, 0.3) is 0 Å². The van der Waals surface area contributed by atoms with Gasteiger partial charge in [-0.3, -0.25) is 4.99 Å². The number of guanidine groups is 1. The molecule has 27 heavy (non-hydrogen) atoms. The lowest BCUT2D eigenvalue weighted by Gasteiger charge is -2.24. The molecule has 0 saturated carbocycles. The van der Waals surface area contributed by atoms with Gasteiger partial charge in [-0.15, -0.1) is 24.0 Å². The third-order valence-electron chi connectivity index (χ3n) is 4.55. The second-order valence-corrected chi connectivity index (χ2v) is 6.37. The minimum atomic E-state index is -0.247. The van der Waals surface area contributed by atoms with E-state index in [1.807, 2.05) is 0 Å². The van der Waals surface area contributed by atoms with Crippen molar-refractivity contribution in [2.45, 2.75) is 12.5 Å². The molecule has 0 bridgehead atoms. The number of rotatable bonds is 9. The fraction of sp³-hybridized carbons (Fsp3) is 0.632. The van der Waals surface area contributed by atoms with Crippen molar-refractivity contribution in [3.63, 3.8) is 0 Å². The Morgan fingerprint density at radius 3 is 2.67 bits per heavy atom. The monoisotopic (exact) mass is 495 g/mol. The molecular weight excluding hydrogens is 464 g/mol. The summed E-state index contributed by atoms with van der Waals surface area (Å²) in [6.07, 6.45) is 0.919. The van der Waals surface area contributed by atoms with Gasteiger partial charge in [0.1, 0.15) is 5.82 Å². The Morgan fingerprint density at radius 2 is 2.04 bits per heavy atom. The van der Waals surface area contributed by atoms with Crippen molar-refractivity contribution in [1.29, 1.82) is 0 Å². The van der Waals surface area contributed by atoms with Gasteiger partial charge in [-0.25, -0.2) is 4.39 Å². The summed E-state index contributed by atoms with van der Waals surface area (Å²) < 4.78 is 29.3. The Morgan fingerprint density at radius 1 is 1.30 bits per heavy atom. The van der Waals surface area contributed by atoms with Gasteiger partial charge in [-0.05, 0) is 24.1 Å². The Hall–Kier alpha value is -0.970. The third-order valence-corrected chi connectivity index (χ3v) is 4.55. The van der Waals surface area contributed by atoms with E-state index < -0.39 is 0 Å².